The summed E-state index contributed by atoms with van der Waals surface area (Å²) in [7, 11) is 0. The van der Waals surface area contributed by atoms with Crippen molar-refractivity contribution < 1.29 is 4.79 Å². The van der Waals surface area contributed by atoms with Gasteiger partial charge in [0.15, 0.2) is 0 Å². The second kappa shape index (κ2) is 8.47. The average Bonchev–Trinajstić information content (AvgIpc) is 3.22. The molecule has 8 heteroatoms. The van der Waals surface area contributed by atoms with Gasteiger partial charge < -0.3 is 10.3 Å². The van der Waals surface area contributed by atoms with Crippen molar-refractivity contribution in [3.05, 3.63) is 66.3 Å². The summed E-state index contributed by atoms with van der Waals surface area (Å²) in [5.41, 5.74) is 4.73. The van der Waals surface area contributed by atoms with Crippen LogP contribution >= 0.6 is 0 Å². The lowest BCUT2D eigenvalue weighted by Gasteiger charge is -2.10. The minimum Gasteiger partial charge on any atom is -0.348 e. The van der Waals surface area contributed by atoms with Gasteiger partial charge >= 0.3 is 0 Å². The summed E-state index contributed by atoms with van der Waals surface area (Å²) in [6.07, 6.45) is 7.13. The quantitative estimate of drug-likeness (QED) is 0.413. The van der Waals surface area contributed by atoms with Gasteiger partial charge in [-0.05, 0) is 36.8 Å². The van der Waals surface area contributed by atoms with Crippen molar-refractivity contribution in [2.75, 3.05) is 6.54 Å². The first kappa shape index (κ1) is 21.0. The molecule has 4 heterocycles. The van der Waals surface area contributed by atoms with E-state index < -0.39 is 5.41 Å². The average molecular weight is 425 g/mol. The molecular formula is C24H23N7O. The van der Waals surface area contributed by atoms with Crippen LogP contribution in [0.15, 0.2) is 60.6 Å². The third-order valence-corrected chi connectivity index (χ3v) is 5.37. The van der Waals surface area contributed by atoms with Crippen LogP contribution in [0.5, 0.6) is 0 Å². The lowest BCUT2D eigenvalue weighted by molar-refractivity contribution is 0.0945. The minimum absolute atomic E-state index is 0.258. The lowest BCUT2D eigenvalue weighted by atomic mass is 10.0. The lowest BCUT2D eigenvalue weighted by Crippen LogP contribution is -2.31. The molecule has 4 aromatic heterocycles. The number of fused-ring (bicyclic) bond motifs is 1. The van der Waals surface area contributed by atoms with Crippen LogP contribution in [0, 0.1) is 16.7 Å². The fourth-order valence-corrected chi connectivity index (χ4v) is 3.43. The van der Waals surface area contributed by atoms with Crippen LogP contribution in [0.2, 0.25) is 0 Å². The van der Waals surface area contributed by atoms with E-state index in [1.807, 2.05) is 51.2 Å². The smallest absolute Gasteiger partial charge is 0.269 e. The molecule has 1 aliphatic rings. The van der Waals surface area contributed by atoms with Gasteiger partial charge in [-0.2, -0.15) is 10.4 Å². The van der Waals surface area contributed by atoms with Crippen molar-refractivity contribution in [1.82, 2.24) is 30.5 Å². The van der Waals surface area contributed by atoms with E-state index in [1.165, 1.54) is 0 Å². The van der Waals surface area contributed by atoms with Gasteiger partial charge in [0.05, 0.1) is 23.7 Å². The first-order valence-corrected chi connectivity index (χ1v) is 10.4. The number of nitrogens with one attached hydrogen (secondary N) is 3. The molecule has 8 nitrogen and oxygen atoms in total. The van der Waals surface area contributed by atoms with Crippen LogP contribution < -0.4 is 5.32 Å². The molecule has 4 aromatic rings. The number of pyridine rings is 2. The van der Waals surface area contributed by atoms with Crippen LogP contribution in [0.25, 0.3) is 33.5 Å². The number of carbonyl (C=O) groups excluding carboxylic acids is 1. The summed E-state index contributed by atoms with van der Waals surface area (Å²) >= 11 is 0. The molecule has 0 saturated carbocycles. The minimum atomic E-state index is -0.636. The predicted octanol–water partition coefficient (Wildman–Crippen LogP) is 4.24. The standard InChI is InChI=1S/C22H17N7O.C2H6/c1-13-7-22(13,11-23)12-25-21(30)18-4-2-3-17(28-18)15-5-14-6-19(16-9-26-27-10-16)29-20(14)24-8-15;1-2/h2-10H,12H2,1H3,(H,24,29)(H,25,30)(H,26,27);1-2H3. The Morgan fingerprint density at radius 3 is 2.72 bits per heavy atom. The maximum Gasteiger partial charge on any atom is 0.269 e. The highest BCUT2D eigenvalue weighted by atomic mass is 16.1. The van der Waals surface area contributed by atoms with E-state index in [4.69, 9.17) is 0 Å². The molecule has 0 radical (unpaired) electrons. The summed E-state index contributed by atoms with van der Waals surface area (Å²) in [6.45, 7) is 6.14. The number of rotatable bonds is 5. The number of nitrogens with zero attached hydrogens (tertiary/aromatic N) is 4. The summed E-state index contributed by atoms with van der Waals surface area (Å²) in [5, 5.41) is 19.8. The molecule has 0 bridgehead atoms. The van der Waals surface area contributed by atoms with Crippen LogP contribution in [-0.2, 0) is 0 Å². The zero-order valence-corrected chi connectivity index (χ0v) is 18.1. The molecule has 3 N–H and O–H groups in total. The molecule has 160 valence electrons. The predicted molar refractivity (Wildman–Crippen MR) is 122 cm³/mol. The van der Waals surface area contributed by atoms with Crippen molar-refractivity contribution in [2.24, 2.45) is 5.41 Å². The summed E-state index contributed by atoms with van der Waals surface area (Å²) < 4.78 is 0. The monoisotopic (exact) mass is 425 g/mol. The first-order valence-electron chi connectivity index (χ1n) is 10.4. The molecule has 1 aliphatic carbocycles. The second-order valence-corrected chi connectivity index (χ2v) is 7.33. The fourth-order valence-electron chi connectivity index (χ4n) is 3.43. The van der Waals surface area contributed by atoms with E-state index in [0.717, 1.165) is 33.4 Å². The Hall–Kier alpha value is -4.25. The van der Waals surface area contributed by atoms with Gasteiger partial charge in [0.25, 0.3) is 5.91 Å². The number of nitriles is 1. The highest BCUT2D eigenvalue weighted by Crippen LogP contribution is 2.42. The van der Waals surface area contributed by atoms with Crippen LogP contribution in [0.3, 0.4) is 0 Å². The Morgan fingerprint density at radius 2 is 2.03 bits per heavy atom. The van der Waals surface area contributed by atoms with Gasteiger partial charge in [-0.1, -0.05) is 26.0 Å². The highest BCUT2D eigenvalue weighted by Gasteiger charge is 2.41. The van der Waals surface area contributed by atoms with Gasteiger partial charge in [-0.15, -0.1) is 0 Å². The van der Waals surface area contributed by atoms with Gasteiger partial charge in [-0.25, -0.2) is 9.97 Å². The number of amides is 1. The molecule has 32 heavy (non-hydrogen) atoms. The number of H-pyrrole nitrogens is 2. The van der Waals surface area contributed by atoms with Gasteiger partial charge in [-0.3, -0.25) is 9.89 Å². The van der Waals surface area contributed by atoms with E-state index in [9.17, 15) is 10.1 Å². The van der Waals surface area contributed by atoms with Gasteiger partial charge in [0, 0.05) is 35.5 Å². The molecule has 0 spiro atoms. The Morgan fingerprint density at radius 1 is 1.22 bits per heavy atom. The van der Waals surface area contributed by atoms with Crippen molar-refractivity contribution in [2.45, 2.75) is 20.8 Å². The van der Waals surface area contributed by atoms with Crippen LogP contribution in [-0.4, -0.2) is 37.6 Å². The normalized spacial score (nSPS) is 16.5. The molecule has 1 unspecified atom stereocenters. The van der Waals surface area contributed by atoms with E-state index >= 15 is 0 Å². The number of hydrogen-bond acceptors (Lipinski definition) is 5. The third kappa shape index (κ3) is 3.88. The SMILES string of the molecule is CC.CC1=CC1(C#N)CNC(=O)c1cccc(-c2cnc3[nH]c(-c4cn[nH]c4)cc3c2)n1. The summed E-state index contributed by atoms with van der Waals surface area (Å²) in [6, 6.07) is 11.5. The molecule has 0 fully saturated rings. The summed E-state index contributed by atoms with van der Waals surface area (Å²) in [5.74, 6) is -0.308. The molecule has 1 atom stereocenters. The van der Waals surface area contributed by atoms with E-state index in [2.05, 4.69) is 36.5 Å². The zero-order valence-electron chi connectivity index (χ0n) is 18.1. The van der Waals surface area contributed by atoms with E-state index in [-0.39, 0.29) is 12.5 Å². The zero-order chi connectivity index (χ0) is 22.7. The Balaban J connectivity index is 0.00000119. The first-order chi connectivity index (χ1) is 15.6. The molecule has 5 rings (SSSR count). The molecule has 0 aromatic carbocycles. The Kier molecular flexibility index (Phi) is 5.56. The van der Waals surface area contributed by atoms with Crippen molar-refractivity contribution in [3.63, 3.8) is 0 Å². The van der Waals surface area contributed by atoms with Gasteiger partial charge in [0.1, 0.15) is 16.8 Å². The Bertz CT molecular complexity index is 1340. The second-order valence-electron chi connectivity index (χ2n) is 7.33. The molecule has 1 amide bonds. The largest absolute Gasteiger partial charge is 0.348 e. The van der Waals surface area contributed by atoms with Crippen molar-refractivity contribution >= 4 is 16.9 Å². The van der Waals surface area contributed by atoms with E-state index in [0.29, 0.717) is 11.4 Å². The topological polar surface area (TPSA) is 123 Å². The number of hydrogen-bond donors (Lipinski definition) is 3. The summed E-state index contributed by atoms with van der Waals surface area (Å²) in [4.78, 5) is 24.8. The molecule has 0 aliphatic heterocycles. The maximum atomic E-state index is 12.5. The third-order valence-electron chi connectivity index (χ3n) is 5.37. The number of aromatic amines is 2. The number of aromatic nitrogens is 5. The Labute approximate surface area is 185 Å². The molecule has 0 saturated heterocycles. The van der Waals surface area contributed by atoms with E-state index in [1.54, 1.807) is 24.5 Å². The number of carbonyl (C=O) groups is 1. The molecular weight excluding hydrogens is 402 g/mol. The maximum absolute atomic E-state index is 12.5. The van der Waals surface area contributed by atoms with Crippen LogP contribution in [0.4, 0.5) is 0 Å². The van der Waals surface area contributed by atoms with Gasteiger partial charge in [0.2, 0.25) is 0 Å². The van der Waals surface area contributed by atoms with Crippen molar-refractivity contribution in [3.8, 4) is 28.6 Å². The fraction of sp³-hybridized carbons (Fsp3) is 0.208. The highest BCUT2D eigenvalue weighted by molar-refractivity contribution is 5.93. The van der Waals surface area contributed by atoms with Crippen molar-refractivity contribution in [1.29, 1.82) is 5.26 Å². The van der Waals surface area contributed by atoms with Crippen LogP contribution in [0.1, 0.15) is 31.3 Å².